The number of hydrogen-bond acceptors (Lipinski definition) is 7. The fourth-order valence-electron chi connectivity index (χ4n) is 1.71. The predicted molar refractivity (Wildman–Crippen MR) is 70.8 cm³/mol. The molecule has 0 aliphatic carbocycles. The van der Waals surface area contributed by atoms with Crippen LogP contribution < -0.4 is 0 Å². The zero-order valence-electron chi connectivity index (χ0n) is 11.1. The van der Waals surface area contributed by atoms with Crippen molar-refractivity contribution >= 4 is 17.7 Å². The molecule has 0 unspecified atom stereocenters. The van der Waals surface area contributed by atoms with Gasteiger partial charge in [-0.1, -0.05) is 0 Å². The maximum Gasteiger partial charge on any atom is 0.340 e. The Morgan fingerprint density at radius 3 is 2.35 bits per heavy atom. The van der Waals surface area contributed by atoms with Crippen molar-refractivity contribution in [3.05, 3.63) is 22.5 Å². The van der Waals surface area contributed by atoms with E-state index in [1.807, 2.05) is 6.07 Å². The highest BCUT2D eigenvalue weighted by atomic mass is 32.2. The highest BCUT2D eigenvalue weighted by Gasteiger charge is 2.26. The van der Waals surface area contributed by atoms with Crippen LogP contribution in [0.25, 0.3) is 0 Å². The van der Waals surface area contributed by atoms with Crippen LogP contribution in [0.2, 0.25) is 0 Å². The van der Waals surface area contributed by atoms with Crippen LogP contribution in [-0.4, -0.2) is 24.3 Å². The second kappa shape index (κ2) is 6.56. The van der Waals surface area contributed by atoms with Crippen molar-refractivity contribution < 1.29 is 9.53 Å². The first-order valence-corrected chi connectivity index (χ1v) is 6.64. The summed E-state index contributed by atoms with van der Waals surface area (Å²) in [6, 6.07) is 5.49. The summed E-state index contributed by atoms with van der Waals surface area (Å²) in [5.74, 6) is -1.76. The van der Waals surface area contributed by atoms with Crippen LogP contribution in [0.1, 0.15) is 33.2 Å². The SMILES string of the molecule is COC(=O)c1c(C)nc(C(C#N)C#N)c(C#N)c1SC. The summed E-state index contributed by atoms with van der Waals surface area (Å²) in [5.41, 5.74) is 0.657. The Kier molecular flexibility index (Phi) is 5.08. The molecule has 6 nitrogen and oxygen atoms in total. The Morgan fingerprint density at radius 2 is 1.95 bits per heavy atom. The monoisotopic (exact) mass is 286 g/mol. The Bertz CT molecular complexity index is 666. The highest BCUT2D eigenvalue weighted by Crippen LogP contribution is 2.31. The molecule has 1 rings (SSSR count). The molecular formula is C13H10N4O2S. The molecule has 0 bridgehead atoms. The normalized spacial score (nSPS) is 9.45. The molecule has 100 valence electrons. The third-order valence-electron chi connectivity index (χ3n) is 2.60. The van der Waals surface area contributed by atoms with E-state index in [9.17, 15) is 10.1 Å². The molecule has 0 saturated heterocycles. The molecule has 0 fully saturated rings. The van der Waals surface area contributed by atoms with Gasteiger partial charge in [0.25, 0.3) is 0 Å². The summed E-state index contributed by atoms with van der Waals surface area (Å²) < 4.78 is 4.68. The van der Waals surface area contributed by atoms with E-state index in [0.29, 0.717) is 10.6 Å². The van der Waals surface area contributed by atoms with Gasteiger partial charge in [-0.2, -0.15) is 15.8 Å². The van der Waals surface area contributed by atoms with Gasteiger partial charge in [0, 0.05) is 4.90 Å². The van der Waals surface area contributed by atoms with Gasteiger partial charge in [-0.3, -0.25) is 4.98 Å². The number of pyridine rings is 1. The number of nitrogens with zero attached hydrogens (tertiary/aromatic N) is 4. The molecule has 0 aromatic carbocycles. The molecule has 1 heterocycles. The van der Waals surface area contributed by atoms with Crippen molar-refractivity contribution in [1.82, 2.24) is 4.98 Å². The number of aryl methyl sites for hydroxylation is 1. The number of hydrogen-bond donors (Lipinski definition) is 0. The number of aromatic nitrogens is 1. The van der Waals surface area contributed by atoms with E-state index in [0.717, 1.165) is 0 Å². The standard InChI is InChI=1S/C13H10N4O2S/c1-7-10(13(18)19-2)12(20-3)9(6-16)11(17-7)8(4-14)5-15/h8H,1-3H3. The number of esters is 1. The van der Waals surface area contributed by atoms with Gasteiger partial charge in [-0.15, -0.1) is 11.8 Å². The summed E-state index contributed by atoms with van der Waals surface area (Å²) in [5, 5.41) is 27.2. The fourth-order valence-corrected chi connectivity index (χ4v) is 2.50. The van der Waals surface area contributed by atoms with Crippen LogP contribution in [-0.2, 0) is 4.74 Å². The highest BCUT2D eigenvalue weighted by molar-refractivity contribution is 7.98. The van der Waals surface area contributed by atoms with E-state index in [1.54, 1.807) is 25.3 Å². The van der Waals surface area contributed by atoms with Gasteiger partial charge >= 0.3 is 5.97 Å². The van der Waals surface area contributed by atoms with Crippen molar-refractivity contribution in [2.75, 3.05) is 13.4 Å². The van der Waals surface area contributed by atoms with Gasteiger partial charge in [0.1, 0.15) is 6.07 Å². The molecular weight excluding hydrogens is 276 g/mol. The topological polar surface area (TPSA) is 111 Å². The summed E-state index contributed by atoms with van der Waals surface area (Å²) >= 11 is 1.17. The number of carbonyl (C=O) groups is 1. The van der Waals surface area contributed by atoms with Gasteiger partial charge in [0.05, 0.1) is 41.8 Å². The number of methoxy groups -OCH3 is 1. The minimum atomic E-state index is -1.15. The van der Waals surface area contributed by atoms with Crippen LogP contribution in [0.3, 0.4) is 0 Å². The van der Waals surface area contributed by atoms with Crippen molar-refractivity contribution in [2.24, 2.45) is 0 Å². The van der Waals surface area contributed by atoms with Crippen LogP contribution in [0.4, 0.5) is 0 Å². The Morgan fingerprint density at radius 1 is 1.35 bits per heavy atom. The maximum atomic E-state index is 11.8. The third kappa shape index (κ3) is 2.56. The van der Waals surface area contributed by atoms with E-state index < -0.39 is 11.9 Å². The summed E-state index contributed by atoms with van der Waals surface area (Å²) in [6.45, 7) is 1.57. The molecule has 0 N–H and O–H groups in total. The molecule has 7 heteroatoms. The molecule has 1 aromatic rings. The lowest BCUT2D eigenvalue weighted by atomic mass is 10.00. The number of ether oxygens (including phenoxy) is 1. The maximum absolute atomic E-state index is 11.8. The number of rotatable bonds is 3. The lowest BCUT2D eigenvalue weighted by Crippen LogP contribution is -2.13. The zero-order chi connectivity index (χ0) is 15.3. The van der Waals surface area contributed by atoms with E-state index in [-0.39, 0.29) is 16.8 Å². The van der Waals surface area contributed by atoms with E-state index >= 15 is 0 Å². The number of carbonyl (C=O) groups excluding carboxylic acids is 1. The average molecular weight is 286 g/mol. The molecule has 0 spiro atoms. The second-order valence-electron chi connectivity index (χ2n) is 3.66. The second-order valence-corrected chi connectivity index (χ2v) is 4.48. The van der Waals surface area contributed by atoms with Crippen molar-refractivity contribution in [3.63, 3.8) is 0 Å². The van der Waals surface area contributed by atoms with Crippen LogP contribution in [0.15, 0.2) is 4.90 Å². The van der Waals surface area contributed by atoms with Gasteiger partial charge in [0.2, 0.25) is 0 Å². The fraction of sp³-hybridized carbons (Fsp3) is 0.308. The molecule has 0 amide bonds. The first-order valence-electron chi connectivity index (χ1n) is 5.41. The molecule has 1 aromatic heterocycles. The largest absolute Gasteiger partial charge is 0.465 e. The van der Waals surface area contributed by atoms with Gasteiger partial charge in [-0.05, 0) is 13.2 Å². The molecule has 0 atom stereocenters. The van der Waals surface area contributed by atoms with Crippen LogP contribution >= 0.6 is 11.8 Å². The molecule has 0 aliphatic rings. The minimum absolute atomic E-state index is 0.0663. The van der Waals surface area contributed by atoms with Crippen LogP contribution in [0, 0.1) is 40.9 Å². The first-order chi connectivity index (χ1) is 9.55. The molecule has 20 heavy (non-hydrogen) atoms. The zero-order valence-corrected chi connectivity index (χ0v) is 11.9. The molecule has 0 radical (unpaired) electrons. The van der Waals surface area contributed by atoms with Gasteiger partial charge < -0.3 is 4.74 Å². The van der Waals surface area contributed by atoms with Crippen LogP contribution in [0.5, 0.6) is 0 Å². The lowest BCUT2D eigenvalue weighted by Gasteiger charge is -2.14. The number of nitriles is 3. The Hall–Kier alpha value is -2.56. The quantitative estimate of drug-likeness (QED) is 0.616. The Balaban J connectivity index is 3.76. The minimum Gasteiger partial charge on any atom is -0.465 e. The van der Waals surface area contributed by atoms with E-state index in [4.69, 9.17) is 10.5 Å². The summed E-state index contributed by atoms with van der Waals surface area (Å²) in [7, 11) is 1.24. The van der Waals surface area contributed by atoms with E-state index in [1.165, 1.54) is 18.9 Å². The van der Waals surface area contributed by atoms with Gasteiger partial charge in [0.15, 0.2) is 5.92 Å². The summed E-state index contributed by atoms with van der Waals surface area (Å²) in [4.78, 5) is 16.2. The predicted octanol–water partition coefficient (Wildman–Crippen LogP) is 1.90. The lowest BCUT2D eigenvalue weighted by molar-refractivity contribution is 0.0595. The van der Waals surface area contributed by atoms with Gasteiger partial charge in [-0.25, -0.2) is 4.79 Å². The van der Waals surface area contributed by atoms with Crippen molar-refractivity contribution in [3.8, 4) is 18.2 Å². The molecule has 0 aliphatic heterocycles. The smallest absolute Gasteiger partial charge is 0.340 e. The van der Waals surface area contributed by atoms with Crippen molar-refractivity contribution in [1.29, 1.82) is 15.8 Å². The molecule has 0 saturated carbocycles. The summed E-state index contributed by atoms with van der Waals surface area (Å²) in [6.07, 6.45) is 1.69. The third-order valence-corrected chi connectivity index (χ3v) is 3.41. The Labute approximate surface area is 120 Å². The van der Waals surface area contributed by atoms with Crippen molar-refractivity contribution in [2.45, 2.75) is 17.7 Å². The average Bonchev–Trinajstić information content (AvgIpc) is 2.46. The first kappa shape index (κ1) is 15.5. The number of thioether (sulfide) groups is 1. The van der Waals surface area contributed by atoms with E-state index in [2.05, 4.69) is 9.72 Å².